The highest BCUT2D eigenvalue weighted by Crippen LogP contribution is 2.13. The van der Waals surface area contributed by atoms with E-state index in [0.29, 0.717) is 0 Å². The lowest BCUT2D eigenvalue weighted by atomic mass is 10.0. The average Bonchev–Trinajstić information content (AvgIpc) is 2.20. The number of pyridine rings is 1. The van der Waals surface area contributed by atoms with Crippen LogP contribution in [0.25, 0.3) is 0 Å². The minimum atomic E-state index is 0.870. The van der Waals surface area contributed by atoms with Crippen molar-refractivity contribution in [3.63, 3.8) is 0 Å². The second-order valence-electron chi connectivity index (χ2n) is 2.89. The Kier molecular flexibility index (Phi) is 2.04. The van der Waals surface area contributed by atoms with E-state index in [1.54, 1.807) is 12.4 Å². The van der Waals surface area contributed by atoms with Crippen molar-refractivity contribution in [3.8, 4) is 0 Å². The minimum absolute atomic E-state index is 0.870. The molecule has 2 rings (SSSR count). The molecule has 13 heavy (non-hydrogen) atoms. The maximum Gasteiger partial charge on any atom is 0.0915 e. The summed E-state index contributed by atoms with van der Waals surface area (Å²) in [6, 6.07) is 5.80. The second-order valence-corrected chi connectivity index (χ2v) is 2.89. The highest BCUT2D eigenvalue weighted by molar-refractivity contribution is 6.11. The van der Waals surface area contributed by atoms with E-state index in [9.17, 15) is 0 Å². The third-order valence-electron chi connectivity index (χ3n) is 1.92. The maximum atomic E-state index is 4.25. The maximum absolute atomic E-state index is 4.25. The molecule has 1 aromatic heterocycles. The average molecular weight is 170 g/mol. The molecule has 0 atom stereocenters. The predicted octanol–water partition coefficient (Wildman–Crippen LogP) is 2.34. The van der Waals surface area contributed by atoms with Gasteiger partial charge in [-0.3, -0.25) is 9.98 Å². The molecule has 2 heterocycles. The van der Waals surface area contributed by atoms with E-state index in [2.05, 4.69) is 16.6 Å². The lowest BCUT2D eigenvalue weighted by Gasteiger charge is -2.09. The zero-order valence-electron chi connectivity index (χ0n) is 7.27. The van der Waals surface area contributed by atoms with Crippen molar-refractivity contribution in [2.45, 2.75) is 6.42 Å². The third-order valence-corrected chi connectivity index (χ3v) is 1.92. The third kappa shape index (κ3) is 1.56. The summed E-state index contributed by atoms with van der Waals surface area (Å²) in [6.07, 6.45) is 6.44. The van der Waals surface area contributed by atoms with Gasteiger partial charge in [-0.1, -0.05) is 18.7 Å². The summed E-state index contributed by atoms with van der Waals surface area (Å²) in [4.78, 5) is 8.48. The Hall–Kier alpha value is -1.70. The van der Waals surface area contributed by atoms with Crippen LogP contribution < -0.4 is 0 Å². The van der Waals surface area contributed by atoms with Crippen molar-refractivity contribution in [2.24, 2.45) is 4.99 Å². The second kappa shape index (κ2) is 3.35. The Bertz CT molecular complexity index is 374. The van der Waals surface area contributed by atoms with Crippen LogP contribution in [0.5, 0.6) is 0 Å². The van der Waals surface area contributed by atoms with E-state index in [0.717, 1.165) is 23.4 Å². The predicted molar refractivity (Wildman–Crippen MR) is 53.7 cm³/mol. The van der Waals surface area contributed by atoms with Crippen LogP contribution >= 0.6 is 0 Å². The van der Waals surface area contributed by atoms with Gasteiger partial charge in [0.1, 0.15) is 0 Å². The number of aromatic nitrogens is 1. The van der Waals surface area contributed by atoms with Crippen molar-refractivity contribution < 1.29 is 0 Å². The van der Waals surface area contributed by atoms with Gasteiger partial charge in [0.15, 0.2) is 0 Å². The molecule has 0 N–H and O–H groups in total. The SMILES string of the molecule is C=C1CC=CN=C1c1ccccn1. The fourth-order valence-corrected chi connectivity index (χ4v) is 1.26. The van der Waals surface area contributed by atoms with Crippen LogP contribution in [0.4, 0.5) is 0 Å². The molecule has 1 aliphatic heterocycles. The van der Waals surface area contributed by atoms with Gasteiger partial charge in [-0.15, -0.1) is 0 Å². The standard InChI is InChI=1S/C11H10N2/c1-9-5-4-8-13-11(9)10-6-2-3-7-12-10/h2-4,6-8H,1,5H2. The van der Waals surface area contributed by atoms with Gasteiger partial charge in [0.25, 0.3) is 0 Å². The molecule has 0 unspecified atom stereocenters. The first-order valence-electron chi connectivity index (χ1n) is 4.20. The van der Waals surface area contributed by atoms with Crippen molar-refractivity contribution in [1.82, 2.24) is 4.98 Å². The molecule has 0 aliphatic carbocycles. The Morgan fingerprint density at radius 1 is 1.31 bits per heavy atom. The van der Waals surface area contributed by atoms with Gasteiger partial charge in [-0.2, -0.15) is 0 Å². The Labute approximate surface area is 77.4 Å². The molecular formula is C11H10N2. The quantitative estimate of drug-likeness (QED) is 0.635. The molecular weight excluding hydrogens is 160 g/mol. The summed E-state index contributed by atoms with van der Waals surface area (Å²) < 4.78 is 0. The molecule has 0 radical (unpaired) electrons. The minimum Gasteiger partial charge on any atom is -0.255 e. The molecule has 0 amide bonds. The first-order valence-corrected chi connectivity index (χ1v) is 4.20. The summed E-state index contributed by atoms with van der Waals surface area (Å²) >= 11 is 0. The van der Waals surface area contributed by atoms with Gasteiger partial charge >= 0.3 is 0 Å². The molecule has 0 spiro atoms. The smallest absolute Gasteiger partial charge is 0.0915 e. The molecule has 0 bridgehead atoms. The monoisotopic (exact) mass is 170 g/mol. The van der Waals surface area contributed by atoms with Crippen molar-refractivity contribution in [1.29, 1.82) is 0 Å². The Balaban J connectivity index is 2.41. The van der Waals surface area contributed by atoms with E-state index in [-0.39, 0.29) is 0 Å². The molecule has 0 fully saturated rings. The normalized spacial score (nSPS) is 15.7. The number of hydrogen-bond acceptors (Lipinski definition) is 2. The first kappa shape index (κ1) is 7.92. The molecule has 0 saturated heterocycles. The van der Waals surface area contributed by atoms with Crippen LogP contribution in [0.2, 0.25) is 0 Å². The van der Waals surface area contributed by atoms with Gasteiger partial charge in [-0.25, -0.2) is 0 Å². The molecule has 2 nitrogen and oxygen atoms in total. The summed E-state index contributed by atoms with van der Waals surface area (Å²) in [7, 11) is 0. The summed E-state index contributed by atoms with van der Waals surface area (Å²) in [5, 5.41) is 0. The number of allylic oxidation sites excluding steroid dienone is 2. The van der Waals surface area contributed by atoms with E-state index in [1.807, 2.05) is 24.3 Å². The Morgan fingerprint density at radius 2 is 2.23 bits per heavy atom. The lowest BCUT2D eigenvalue weighted by Crippen LogP contribution is -2.07. The van der Waals surface area contributed by atoms with Crippen molar-refractivity contribution in [3.05, 3.63) is 54.5 Å². The summed E-state index contributed by atoms with van der Waals surface area (Å²) in [5.74, 6) is 0. The van der Waals surface area contributed by atoms with E-state index in [1.165, 1.54) is 0 Å². The largest absolute Gasteiger partial charge is 0.255 e. The lowest BCUT2D eigenvalue weighted by molar-refractivity contribution is 1.21. The van der Waals surface area contributed by atoms with Crippen molar-refractivity contribution >= 4 is 5.71 Å². The van der Waals surface area contributed by atoms with Crippen LogP contribution in [0, 0.1) is 0 Å². The van der Waals surface area contributed by atoms with Crippen LogP contribution in [0.15, 0.2) is 53.8 Å². The number of nitrogens with zero attached hydrogens (tertiary/aromatic N) is 2. The number of rotatable bonds is 1. The molecule has 2 heteroatoms. The number of aliphatic imine (C=N–C) groups is 1. The fourth-order valence-electron chi connectivity index (χ4n) is 1.26. The molecule has 0 saturated carbocycles. The van der Waals surface area contributed by atoms with E-state index in [4.69, 9.17) is 0 Å². The number of hydrogen-bond donors (Lipinski definition) is 0. The molecule has 64 valence electrons. The first-order chi connectivity index (χ1) is 6.38. The van der Waals surface area contributed by atoms with Crippen molar-refractivity contribution in [2.75, 3.05) is 0 Å². The molecule has 1 aromatic rings. The van der Waals surface area contributed by atoms with Gasteiger partial charge in [0, 0.05) is 12.4 Å². The van der Waals surface area contributed by atoms with E-state index >= 15 is 0 Å². The zero-order valence-corrected chi connectivity index (χ0v) is 7.27. The highest BCUT2D eigenvalue weighted by Gasteiger charge is 2.09. The van der Waals surface area contributed by atoms with Gasteiger partial charge in [0.2, 0.25) is 0 Å². The van der Waals surface area contributed by atoms with Crippen LogP contribution in [-0.4, -0.2) is 10.7 Å². The summed E-state index contributed by atoms with van der Waals surface area (Å²) in [6.45, 7) is 3.95. The van der Waals surface area contributed by atoms with Gasteiger partial charge in [0.05, 0.1) is 11.4 Å². The molecule has 0 aromatic carbocycles. The van der Waals surface area contributed by atoms with Crippen LogP contribution in [-0.2, 0) is 0 Å². The van der Waals surface area contributed by atoms with Crippen LogP contribution in [0.3, 0.4) is 0 Å². The van der Waals surface area contributed by atoms with Gasteiger partial charge < -0.3 is 0 Å². The van der Waals surface area contributed by atoms with Crippen LogP contribution in [0.1, 0.15) is 12.1 Å². The summed E-state index contributed by atoms with van der Waals surface area (Å²) in [5.41, 5.74) is 2.83. The highest BCUT2D eigenvalue weighted by atomic mass is 14.8. The Morgan fingerprint density at radius 3 is 2.92 bits per heavy atom. The van der Waals surface area contributed by atoms with E-state index < -0.39 is 0 Å². The fraction of sp³-hybridized carbons (Fsp3) is 0.0909. The topological polar surface area (TPSA) is 25.2 Å². The zero-order chi connectivity index (χ0) is 9.10. The van der Waals surface area contributed by atoms with Gasteiger partial charge in [-0.05, 0) is 24.1 Å². The molecule has 1 aliphatic rings.